The zero-order valence-corrected chi connectivity index (χ0v) is 11.9. The Morgan fingerprint density at radius 3 is 2.57 bits per heavy atom. The Balaban J connectivity index is 1.69. The molecule has 21 heavy (non-hydrogen) atoms. The molecular weight excluding hydrogens is 277 g/mol. The molecule has 0 N–H and O–H groups in total. The normalized spacial score (nSPS) is 20.8. The van der Waals surface area contributed by atoms with E-state index in [2.05, 4.69) is 0 Å². The first-order valence-electron chi connectivity index (χ1n) is 7.04. The molecule has 3 rings (SSSR count). The zero-order chi connectivity index (χ0) is 14.9. The Labute approximate surface area is 122 Å². The minimum atomic E-state index is -0.503. The van der Waals surface area contributed by atoms with E-state index >= 15 is 0 Å². The van der Waals surface area contributed by atoms with Crippen LogP contribution >= 0.6 is 0 Å². The highest BCUT2D eigenvalue weighted by molar-refractivity contribution is 5.94. The van der Waals surface area contributed by atoms with E-state index < -0.39 is 11.6 Å². The number of amides is 1. The number of hydrogen-bond acceptors (Lipinski definition) is 4. The highest BCUT2D eigenvalue weighted by atomic mass is 19.1. The van der Waals surface area contributed by atoms with Crippen LogP contribution in [0.5, 0.6) is 5.75 Å². The van der Waals surface area contributed by atoms with Crippen LogP contribution in [0.1, 0.15) is 23.2 Å². The van der Waals surface area contributed by atoms with Crippen LogP contribution in [0.25, 0.3) is 0 Å². The summed E-state index contributed by atoms with van der Waals surface area (Å²) in [5.41, 5.74) is 0.428. The van der Waals surface area contributed by atoms with Crippen LogP contribution in [0.3, 0.4) is 0 Å². The smallest absolute Gasteiger partial charge is 0.253 e. The number of nitrogens with zero attached hydrogens (tertiary/aromatic N) is 1. The van der Waals surface area contributed by atoms with E-state index in [9.17, 15) is 9.18 Å². The van der Waals surface area contributed by atoms with E-state index in [1.54, 1.807) is 4.90 Å². The molecule has 0 aromatic heterocycles. The molecule has 0 saturated carbocycles. The molecule has 1 aromatic carbocycles. The quantitative estimate of drug-likeness (QED) is 0.835. The van der Waals surface area contributed by atoms with Crippen molar-refractivity contribution in [1.29, 1.82) is 0 Å². The van der Waals surface area contributed by atoms with Crippen LogP contribution in [0.2, 0.25) is 0 Å². The molecule has 2 saturated heterocycles. The standard InChI is InChI=1S/C15H18FNO4/c1-19-13-10-11(2-3-12(13)16)14(18)17-6-4-15(5-7-17)20-8-9-21-15/h2-3,10H,4-9H2,1H3. The van der Waals surface area contributed by atoms with Gasteiger partial charge in [0.1, 0.15) is 0 Å². The Hall–Kier alpha value is -1.66. The summed E-state index contributed by atoms with van der Waals surface area (Å²) < 4.78 is 29.6. The first-order chi connectivity index (χ1) is 10.1. The average Bonchev–Trinajstić information content (AvgIpc) is 2.96. The van der Waals surface area contributed by atoms with Gasteiger partial charge in [-0.05, 0) is 18.2 Å². The number of hydrogen-bond donors (Lipinski definition) is 0. The van der Waals surface area contributed by atoms with Crippen molar-refractivity contribution in [2.24, 2.45) is 0 Å². The van der Waals surface area contributed by atoms with Crippen LogP contribution in [0.4, 0.5) is 4.39 Å². The second-order valence-electron chi connectivity index (χ2n) is 5.25. The number of ether oxygens (including phenoxy) is 3. The van der Waals surface area contributed by atoms with Gasteiger partial charge in [-0.3, -0.25) is 4.79 Å². The van der Waals surface area contributed by atoms with Crippen molar-refractivity contribution in [2.75, 3.05) is 33.4 Å². The van der Waals surface area contributed by atoms with Crippen molar-refractivity contribution in [3.8, 4) is 5.75 Å². The van der Waals surface area contributed by atoms with Gasteiger partial charge in [0, 0.05) is 31.5 Å². The van der Waals surface area contributed by atoms with Crippen molar-refractivity contribution in [1.82, 2.24) is 4.90 Å². The molecule has 0 unspecified atom stereocenters. The molecule has 1 aromatic rings. The summed E-state index contributed by atoms with van der Waals surface area (Å²) in [7, 11) is 1.38. The number of rotatable bonds is 2. The van der Waals surface area contributed by atoms with Crippen LogP contribution in [0, 0.1) is 5.82 Å². The lowest BCUT2D eigenvalue weighted by atomic mass is 10.0. The molecule has 2 heterocycles. The Morgan fingerprint density at radius 2 is 1.95 bits per heavy atom. The third kappa shape index (κ3) is 2.73. The summed E-state index contributed by atoms with van der Waals surface area (Å²) in [6.07, 6.45) is 1.33. The number of carbonyl (C=O) groups excluding carboxylic acids is 1. The van der Waals surface area contributed by atoms with Gasteiger partial charge in [0.15, 0.2) is 17.4 Å². The molecule has 0 bridgehead atoms. The van der Waals surface area contributed by atoms with Crippen molar-refractivity contribution in [3.05, 3.63) is 29.6 Å². The fraction of sp³-hybridized carbons (Fsp3) is 0.533. The van der Waals surface area contributed by atoms with E-state index in [1.807, 2.05) is 0 Å². The molecule has 6 heteroatoms. The maximum absolute atomic E-state index is 13.4. The average molecular weight is 295 g/mol. The molecule has 5 nitrogen and oxygen atoms in total. The van der Waals surface area contributed by atoms with Gasteiger partial charge in [-0.1, -0.05) is 0 Å². The Bertz CT molecular complexity index is 532. The largest absolute Gasteiger partial charge is 0.494 e. The summed E-state index contributed by atoms with van der Waals surface area (Å²) in [6.45, 7) is 2.36. The van der Waals surface area contributed by atoms with Crippen molar-refractivity contribution >= 4 is 5.91 Å². The lowest BCUT2D eigenvalue weighted by molar-refractivity contribution is -0.181. The monoisotopic (exact) mass is 295 g/mol. The van der Waals surface area contributed by atoms with E-state index in [0.717, 1.165) is 0 Å². The minimum Gasteiger partial charge on any atom is -0.494 e. The SMILES string of the molecule is COc1cc(C(=O)N2CCC3(CC2)OCCO3)ccc1F. The number of methoxy groups -OCH3 is 1. The van der Waals surface area contributed by atoms with Gasteiger partial charge in [-0.25, -0.2) is 4.39 Å². The van der Waals surface area contributed by atoms with Gasteiger partial charge in [0.05, 0.1) is 20.3 Å². The topological polar surface area (TPSA) is 48.0 Å². The van der Waals surface area contributed by atoms with Crippen molar-refractivity contribution in [3.63, 3.8) is 0 Å². The summed E-state index contributed by atoms with van der Waals surface area (Å²) in [5, 5.41) is 0. The zero-order valence-electron chi connectivity index (χ0n) is 11.9. The number of likely N-dealkylation sites (tertiary alicyclic amines) is 1. The molecule has 114 valence electrons. The summed E-state index contributed by atoms with van der Waals surface area (Å²) in [4.78, 5) is 14.2. The van der Waals surface area contributed by atoms with Crippen LogP contribution < -0.4 is 4.74 Å². The number of piperidine rings is 1. The summed E-state index contributed by atoms with van der Waals surface area (Å²) in [6, 6.07) is 4.17. The van der Waals surface area contributed by atoms with Crippen LogP contribution in [-0.2, 0) is 9.47 Å². The van der Waals surface area contributed by atoms with E-state index in [0.29, 0.717) is 44.7 Å². The predicted octanol–water partition coefficient (Wildman–Crippen LogP) is 1.81. The van der Waals surface area contributed by atoms with E-state index in [1.165, 1.54) is 25.3 Å². The first kappa shape index (κ1) is 14.3. The lowest BCUT2D eigenvalue weighted by Gasteiger charge is -2.37. The molecular formula is C15H18FNO4. The third-order valence-corrected chi connectivity index (χ3v) is 4.02. The number of benzene rings is 1. The number of halogens is 1. The second-order valence-corrected chi connectivity index (χ2v) is 5.25. The minimum absolute atomic E-state index is 0.0804. The van der Waals surface area contributed by atoms with Gasteiger partial charge >= 0.3 is 0 Å². The maximum Gasteiger partial charge on any atom is 0.253 e. The fourth-order valence-corrected chi connectivity index (χ4v) is 2.81. The Kier molecular flexibility index (Phi) is 3.82. The second kappa shape index (κ2) is 5.61. The van der Waals surface area contributed by atoms with Gasteiger partial charge in [0.2, 0.25) is 0 Å². The summed E-state index contributed by atoms with van der Waals surface area (Å²) in [5.74, 6) is -1.02. The van der Waals surface area contributed by atoms with Crippen molar-refractivity contribution < 1.29 is 23.4 Å². The molecule has 0 aliphatic carbocycles. The highest BCUT2D eigenvalue weighted by Gasteiger charge is 2.40. The predicted molar refractivity (Wildman–Crippen MR) is 72.7 cm³/mol. The number of carbonyl (C=O) groups is 1. The van der Waals surface area contributed by atoms with Gasteiger partial charge < -0.3 is 19.1 Å². The lowest BCUT2D eigenvalue weighted by Crippen LogP contribution is -2.47. The molecule has 0 atom stereocenters. The fourth-order valence-electron chi connectivity index (χ4n) is 2.81. The third-order valence-electron chi connectivity index (χ3n) is 4.02. The van der Waals surface area contributed by atoms with Crippen LogP contribution in [0.15, 0.2) is 18.2 Å². The van der Waals surface area contributed by atoms with Gasteiger partial charge in [-0.2, -0.15) is 0 Å². The molecule has 2 aliphatic heterocycles. The molecule has 2 fully saturated rings. The van der Waals surface area contributed by atoms with Crippen LogP contribution in [-0.4, -0.2) is 50.0 Å². The molecule has 2 aliphatic rings. The van der Waals surface area contributed by atoms with E-state index in [4.69, 9.17) is 14.2 Å². The van der Waals surface area contributed by atoms with Gasteiger partial charge in [0.25, 0.3) is 5.91 Å². The van der Waals surface area contributed by atoms with Crippen molar-refractivity contribution in [2.45, 2.75) is 18.6 Å². The molecule has 1 spiro atoms. The first-order valence-corrected chi connectivity index (χ1v) is 7.04. The molecule has 1 amide bonds. The maximum atomic E-state index is 13.4. The van der Waals surface area contributed by atoms with E-state index in [-0.39, 0.29) is 11.7 Å². The van der Waals surface area contributed by atoms with Gasteiger partial charge in [-0.15, -0.1) is 0 Å². The Morgan fingerprint density at radius 1 is 1.29 bits per heavy atom. The summed E-state index contributed by atoms with van der Waals surface area (Å²) >= 11 is 0. The molecule has 0 radical (unpaired) electrons. The highest BCUT2D eigenvalue weighted by Crippen LogP contribution is 2.32.